The standard InChI is InChI=1S/C28H33N5O/c1-16-5-8-21-12-25(33(15-19-6-7-19)26(21)18(16)3)27-30-23-13-22-20(11-24(23)31(27)4)9-10-32(28(22)34)14-17(2)29/h5,8,11-13,17,19H,6-7,9-10,14-15,29H2,1-4H3. The molecule has 2 aromatic carbocycles. The zero-order chi connectivity index (χ0) is 23.7. The molecule has 0 radical (unpaired) electrons. The van der Waals surface area contributed by atoms with Crippen LogP contribution in [0.2, 0.25) is 0 Å². The molecule has 1 unspecified atom stereocenters. The third-order valence-electron chi connectivity index (χ3n) is 7.74. The Morgan fingerprint density at radius 2 is 1.97 bits per heavy atom. The molecule has 2 aliphatic rings. The van der Waals surface area contributed by atoms with Crippen LogP contribution in [0.4, 0.5) is 0 Å². The van der Waals surface area contributed by atoms with Crippen molar-refractivity contribution in [2.75, 3.05) is 13.1 Å². The molecule has 1 aliphatic heterocycles. The lowest BCUT2D eigenvalue weighted by Gasteiger charge is -2.29. The molecule has 1 fully saturated rings. The Hall–Kier alpha value is -3.12. The number of carbonyl (C=O) groups excluding carboxylic acids is 1. The van der Waals surface area contributed by atoms with Gasteiger partial charge in [0.15, 0.2) is 5.82 Å². The van der Waals surface area contributed by atoms with Gasteiger partial charge in [0.2, 0.25) is 0 Å². The zero-order valence-electron chi connectivity index (χ0n) is 20.6. The first-order valence-corrected chi connectivity index (χ1v) is 12.5. The van der Waals surface area contributed by atoms with E-state index < -0.39 is 0 Å². The second-order valence-electron chi connectivity index (χ2n) is 10.5. The predicted molar refractivity (Wildman–Crippen MR) is 137 cm³/mol. The van der Waals surface area contributed by atoms with Crippen LogP contribution in [0.15, 0.2) is 30.3 Å². The van der Waals surface area contributed by atoms with Gasteiger partial charge in [-0.2, -0.15) is 0 Å². The fourth-order valence-corrected chi connectivity index (χ4v) is 5.54. The molecule has 176 valence electrons. The number of hydrogen-bond donors (Lipinski definition) is 1. The summed E-state index contributed by atoms with van der Waals surface area (Å²) in [5, 5.41) is 1.27. The first-order valence-electron chi connectivity index (χ1n) is 12.5. The molecule has 2 aromatic heterocycles. The van der Waals surface area contributed by atoms with Gasteiger partial charge in [0.1, 0.15) is 0 Å². The molecule has 1 saturated carbocycles. The first-order chi connectivity index (χ1) is 16.3. The van der Waals surface area contributed by atoms with Crippen LogP contribution in [0, 0.1) is 19.8 Å². The van der Waals surface area contributed by atoms with Gasteiger partial charge in [-0.3, -0.25) is 4.79 Å². The quantitative estimate of drug-likeness (QED) is 0.479. The summed E-state index contributed by atoms with van der Waals surface area (Å²) in [5.74, 6) is 1.79. The highest BCUT2D eigenvalue weighted by Crippen LogP contribution is 2.38. The Morgan fingerprint density at radius 3 is 2.71 bits per heavy atom. The maximum atomic E-state index is 13.2. The number of amides is 1. The summed E-state index contributed by atoms with van der Waals surface area (Å²) < 4.78 is 4.69. The highest BCUT2D eigenvalue weighted by Gasteiger charge is 2.28. The number of nitrogens with two attached hydrogens (primary N) is 1. The molecule has 0 bridgehead atoms. The molecule has 3 heterocycles. The van der Waals surface area contributed by atoms with E-state index in [1.807, 2.05) is 17.9 Å². The number of imidazole rings is 1. The predicted octanol–water partition coefficient (Wildman–Crippen LogP) is 4.57. The summed E-state index contributed by atoms with van der Waals surface area (Å²) in [6.45, 7) is 8.71. The van der Waals surface area contributed by atoms with Crippen LogP contribution in [-0.4, -0.2) is 44.1 Å². The van der Waals surface area contributed by atoms with Crippen LogP contribution in [-0.2, 0) is 20.0 Å². The van der Waals surface area contributed by atoms with E-state index in [1.54, 1.807) is 0 Å². The van der Waals surface area contributed by atoms with E-state index in [0.29, 0.717) is 6.54 Å². The number of carbonyl (C=O) groups is 1. The Labute approximate surface area is 200 Å². The fraction of sp³-hybridized carbons (Fsp3) is 0.429. The molecule has 0 spiro atoms. The molecule has 1 atom stereocenters. The summed E-state index contributed by atoms with van der Waals surface area (Å²) in [6.07, 6.45) is 3.46. The topological polar surface area (TPSA) is 69.1 Å². The van der Waals surface area contributed by atoms with E-state index >= 15 is 0 Å². The van der Waals surface area contributed by atoms with Gasteiger partial charge < -0.3 is 19.8 Å². The molecule has 1 amide bonds. The Kier molecular flexibility index (Phi) is 4.85. The van der Waals surface area contributed by atoms with Crippen molar-refractivity contribution in [1.29, 1.82) is 0 Å². The second kappa shape index (κ2) is 7.70. The maximum Gasteiger partial charge on any atom is 0.254 e. The SMILES string of the molecule is Cc1ccc2cc(-c3nc4cc5c(cc4n3C)CCN(CC(C)N)C5=O)n(CC3CC3)c2c1C. The number of hydrogen-bond acceptors (Lipinski definition) is 3. The molecule has 6 rings (SSSR count). The van der Waals surface area contributed by atoms with Gasteiger partial charge in [0.25, 0.3) is 5.91 Å². The minimum Gasteiger partial charge on any atom is -0.337 e. The van der Waals surface area contributed by atoms with Crippen molar-refractivity contribution in [3.63, 3.8) is 0 Å². The average molecular weight is 456 g/mol. The van der Waals surface area contributed by atoms with Gasteiger partial charge in [-0.05, 0) is 80.8 Å². The summed E-state index contributed by atoms with van der Waals surface area (Å²) in [5.41, 5.74) is 15.0. The van der Waals surface area contributed by atoms with Crippen LogP contribution in [0.5, 0.6) is 0 Å². The number of aromatic nitrogens is 3. The summed E-state index contributed by atoms with van der Waals surface area (Å²) in [7, 11) is 2.10. The Morgan fingerprint density at radius 1 is 1.18 bits per heavy atom. The number of aryl methyl sites for hydroxylation is 3. The van der Waals surface area contributed by atoms with Crippen molar-refractivity contribution in [2.24, 2.45) is 18.7 Å². The third-order valence-corrected chi connectivity index (χ3v) is 7.74. The van der Waals surface area contributed by atoms with Crippen LogP contribution in [0.25, 0.3) is 33.5 Å². The average Bonchev–Trinajstić information content (AvgIpc) is 3.47. The minimum absolute atomic E-state index is 0.0313. The summed E-state index contributed by atoms with van der Waals surface area (Å²) in [4.78, 5) is 20.1. The molecule has 4 aromatic rings. The highest BCUT2D eigenvalue weighted by molar-refractivity contribution is 6.00. The third kappa shape index (κ3) is 3.35. The molecule has 1 aliphatic carbocycles. The Bertz CT molecular complexity index is 1450. The highest BCUT2D eigenvalue weighted by atomic mass is 16.2. The molecular formula is C28H33N5O. The number of rotatable bonds is 5. The van der Waals surface area contributed by atoms with E-state index in [0.717, 1.165) is 59.1 Å². The monoisotopic (exact) mass is 455 g/mol. The lowest BCUT2D eigenvalue weighted by molar-refractivity contribution is 0.0732. The van der Waals surface area contributed by atoms with Crippen LogP contribution in [0.3, 0.4) is 0 Å². The van der Waals surface area contributed by atoms with Crippen molar-refractivity contribution < 1.29 is 4.79 Å². The van der Waals surface area contributed by atoms with Gasteiger partial charge in [0.05, 0.1) is 22.2 Å². The molecule has 6 heteroatoms. The van der Waals surface area contributed by atoms with Gasteiger partial charge in [-0.1, -0.05) is 12.1 Å². The largest absolute Gasteiger partial charge is 0.337 e. The molecular weight excluding hydrogens is 422 g/mol. The molecule has 0 saturated heterocycles. The van der Waals surface area contributed by atoms with E-state index in [1.165, 1.54) is 34.9 Å². The molecule has 6 nitrogen and oxygen atoms in total. The van der Waals surface area contributed by atoms with Crippen LogP contribution in [0.1, 0.15) is 46.8 Å². The zero-order valence-corrected chi connectivity index (χ0v) is 20.6. The number of nitrogens with zero attached hydrogens (tertiary/aromatic N) is 4. The van der Waals surface area contributed by atoms with Gasteiger partial charge >= 0.3 is 0 Å². The lowest BCUT2D eigenvalue weighted by atomic mass is 9.97. The van der Waals surface area contributed by atoms with Gasteiger partial charge in [-0.25, -0.2) is 4.98 Å². The normalized spacial score (nSPS) is 17.1. The van der Waals surface area contributed by atoms with Crippen molar-refractivity contribution in [2.45, 2.75) is 52.6 Å². The van der Waals surface area contributed by atoms with Crippen molar-refractivity contribution >= 4 is 27.8 Å². The fourth-order valence-electron chi connectivity index (χ4n) is 5.54. The van der Waals surface area contributed by atoms with Gasteiger partial charge in [0, 0.05) is 43.7 Å². The van der Waals surface area contributed by atoms with Crippen LogP contribution >= 0.6 is 0 Å². The molecule has 2 N–H and O–H groups in total. The maximum absolute atomic E-state index is 13.2. The summed E-state index contributed by atoms with van der Waals surface area (Å²) >= 11 is 0. The number of benzene rings is 2. The smallest absolute Gasteiger partial charge is 0.254 e. The van der Waals surface area contributed by atoms with E-state index in [-0.39, 0.29) is 11.9 Å². The lowest BCUT2D eigenvalue weighted by Crippen LogP contribution is -2.43. The minimum atomic E-state index is -0.0313. The van der Waals surface area contributed by atoms with Crippen molar-refractivity contribution in [3.05, 3.63) is 52.6 Å². The van der Waals surface area contributed by atoms with Crippen molar-refractivity contribution in [1.82, 2.24) is 19.0 Å². The summed E-state index contributed by atoms with van der Waals surface area (Å²) in [6, 6.07) is 10.9. The van der Waals surface area contributed by atoms with E-state index in [9.17, 15) is 4.79 Å². The second-order valence-corrected chi connectivity index (χ2v) is 10.5. The van der Waals surface area contributed by atoms with E-state index in [2.05, 4.69) is 54.3 Å². The van der Waals surface area contributed by atoms with E-state index in [4.69, 9.17) is 10.7 Å². The van der Waals surface area contributed by atoms with Crippen LogP contribution < -0.4 is 5.73 Å². The molecule has 34 heavy (non-hydrogen) atoms. The van der Waals surface area contributed by atoms with Crippen molar-refractivity contribution in [3.8, 4) is 11.5 Å². The number of fused-ring (bicyclic) bond motifs is 3. The van der Waals surface area contributed by atoms with Gasteiger partial charge in [-0.15, -0.1) is 0 Å². The Balaban J connectivity index is 1.51. The first kappa shape index (κ1) is 21.4.